The van der Waals surface area contributed by atoms with Crippen LogP contribution in [0, 0.1) is 5.92 Å². The van der Waals surface area contributed by atoms with E-state index < -0.39 is 0 Å². The molecule has 0 bridgehead atoms. The lowest BCUT2D eigenvalue weighted by molar-refractivity contribution is 0.0615. The zero-order chi connectivity index (χ0) is 13.7. The fraction of sp³-hybridized carbons (Fsp3) is 0.846. The van der Waals surface area contributed by atoms with Crippen molar-refractivity contribution in [2.75, 3.05) is 31.6 Å². The fourth-order valence-electron chi connectivity index (χ4n) is 2.44. The van der Waals surface area contributed by atoms with Crippen LogP contribution in [-0.2, 0) is 11.3 Å². The summed E-state index contributed by atoms with van der Waals surface area (Å²) < 4.78 is 5.53. The van der Waals surface area contributed by atoms with Crippen LogP contribution in [0.25, 0.3) is 0 Å². The Labute approximate surface area is 114 Å². The van der Waals surface area contributed by atoms with E-state index in [0.29, 0.717) is 12.5 Å². The van der Waals surface area contributed by atoms with E-state index >= 15 is 0 Å². The molecule has 6 heteroatoms. The molecule has 0 amide bonds. The van der Waals surface area contributed by atoms with Crippen molar-refractivity contribution in [1.29, 1.82) is 0 Å². The monoisotopic (exact) mass is 267 g/mol. The molecule has 1 atom stereocenters. The highest BCUT2D eigenvalue weighted by Gasteiger charge is 2.22. The van der Waals surface area contributed by atoms with Gasteiger partial charge in [-0.25, -0.2) is 0 Å². The van der Waals surface area contributed by atoms with Crippen molar-refractivity contribution in [3.8, 4) is 0 Å². The second-order valence-electron chi connectivity index (χ2n) is 5.45. The Kier molecular flexibility index (Phi) is 5.15. The zero-order valence-electron chi connectivity index (χ0n) is 12.1. The number of hydrogen-bond acceptors (Lipinski definition) is 5. The van der Waals surface area contributed by atoms with E-state index in [0.717, 1.165) is 31.4 Å². The zero-order valence-corrected chi connectivity index (χ0v) is 12.1. The summed E-state index contributed by atoms with van der Waals surface area (Å²) in [6.07, 6.45) is 2.70. The van der Waals surface area contributed by atoms with Gasteiger partial charge in [0.1, 0.15) is 6.61 Å². The molecule has 0 radical (unpaired) electrons. The number of rotatable bonds is 6. The second-order valence-corrected chi connectivity index (χ2v) is 5.45. The lowest BCUT2D eigenvalue weighted by Crippen LogP contribution is -2.39. The average Bonchev–Trinajstić information content (AvgIpc) is 2.86. The molecule has 1 saturated heterocycles. The molecule has 0 aliphatic carbocycles. The van der Waals surface area contributed by atoms with Crippen molar-refractivity contribution >= 4 is 5.95 Å². The number of piperidine rings is 1. The van der Waals surface area contributed by atoms with E-state index in [1.165, 1.54) is 12.8 Å². The largest absolute Gasteiger partial charge is 0.371 e. The lowest BCUT2D eigenvalue weighted by atomic mass is 9.98. The molecule has 108 valence electrons. The van der Waals surface area contributed by atoms with E-state index in [9.17, 15) is 0 Å². The van der Waals surface area contributed by atoms with Gasteiger partial charge in [0.05, 0.1) is 6.10 Å². The molecule has 0 aromatic carbocycles. The number of hydrogen-bond donors (Lipinski definition) is 2. The smallest absolute Gasteiger partial charge is 0.244 e. The minimum atomic E-state index is 0.212. The fourth-order valence-corrected chi connectivity index (χ4v) is 2.44. The minimum Gasteiger partial charge on any atom is -0.371 e. The molecule has 2 N–H and O–H groups in total. The molecular formula is C13H25N5O. The van der Waals surface area contributed by atoms with Crippen LogP contribution in [0.5, 0.6) is 0 Å². The number of ether oxygens (including phenoxy) is 1. The first-order chi connectivity index (χ1) is 9.19. The topological polar surface area (TPSA) is 66.1 Å². The predicted molar refractivity (Wildman–Crippen MR) is 75.2 cm³/mol. The molecule has 2 rings (SSSR count). The van der Waals surface area contributed by atoms with Crippen LogP contribution < -0.4 is 10.2 Å². The van der Waals surface area contributed by atoms with Crippen LogP contribution in [-0.4, -0.2) is 48.0 Å². The summed E-state index contributed by atoms with van der Waals surface area (Å²) >= 11 is 0. The van der Waals surface area contributed by atoms with Crippen molar-refractivity contribution in [2.45, 2.75) is 39.4 Å². The SMILES string of the molecule is CNCC1CCCN(c2n[nH]c(COC(C)C)n2)C1. The van der Waals surface area contributed by atoms with Crippen LogP contribution in [0.2, 0.25) is 0 Å². The highest BCUT2D eigenvalue weighted by atomic mass is 16.5. The van der Waals surface area contributed by atoms with Crippen molar-refractivity contribution in [3.05, 3.63) is 5.82 Å². The van der Waals surface area contributed by atoms with Crippen LogP contribution in [0.3, 0.4) is 0 Å². The Morgan fingerprint density at radius 3 is 3.11 bits per heavy atom. The maximum absolute atomic E-state index is 5.53. The number of aromatic amines is 1. The number of nitrogens with one attached hydrogen (secondary N) is 2. The molecule has 1 aliphatic rings. The van der Waals surface area contributed by atoms with Crippen molar-refractivity contribution < 1.29 is 4.74 Å². The summed E-state index contributed by atoms with van der Waals surface area (Å²) in [5.74, 6) is 2.30. The molecule has 2 heterocycles. The Bertz CT molecular complexity index is 377. The standard InChI is InChI=1S/C13H25N5O/c1-10(2)19-9-12-15-13(17-16-12)18-6-4-5-11(8-18)7-14-3/h10-11,14H,4-9H2,1-3H3,(H,15,16,17). The van der Waals surface area contributed by atoms with E-state index in [4.69, 9.17) is 4.74 Å². The average molecular weight is 267 g/mol. The van der Waals surface area contributed by atoms with Gasteiger partial charge in [-0.05, 0) is 46.2 Å². The highest BCUT2D eigenvalue weighted by molar-refractivity contribution is 5.29. The summed E-state index contributed by atoms with van der Waals surface area (Å²) in [5, 5.41) is 10.5. The molecule has 1 aliphatic heterocycles. The normalized spacial score (nSPS) is 20.2. The van der Waals surface area contributed by atoms with Gasteiger partial charge >= 0.3 is 0 Å². The first-order valence-electron chi connectivity index (χ1n) is 7.11. The van der Waals surface area contributed by atoms with Gasteiger partial charge in [0.15, 0.2) is 5.82 Å². The van der Waals surface area contributed by atoms with Gasteiger partial charge in [0, 0.05) is 13.1 Å². The molecule has 0 spiro atoms. The first-order valence-corrected chi connectivity index (χ1v) is 7.11. The van der Waals surface area contributed by atoms with Crippen molar-refractivity contribution in [2.24, 2.45) is 5.92 Å². The van der Waals surface area contributed by atoms with Gasteiger partial charge in [-0.15, -0.1) is 5.10 Å². The molecule has 1 unspecified atom stereocenters. The third-order valence-electron chi connectivity index (χ3n) is 3.37. The number of nitrogens with zero attached hydrogens (tertiary/aromatic N) is 3. The molecular weight excluding hydrogens is 242 g/mol. The number of anilines is 1. The minimum absolute atomic E-state index is 0.212. The van der Waals surface area contributed by atoms with Crippen LogP contribution in [0.15, 0.2) is 0 Å². The Morgan fingerprint density at radius 1 is 1.53 bits per heavy atom. The molecule has 1 fully saturated rings. The van der Waals surface area contributed by atoms with E-state index in [2.05, 4.69) is 25.4 Å². The highest BCUT2D eigenvalue weighted by Crippen LogP contribution is 2.19. The van der Waals surface area contributed by atoms with Gasteiger partial charge in [0.25, 0.3) is 0 Å². The Morgan fingerprint density at radius 2 is 2.37 bits per heavy atom. The van der Waals surface area contributed by atoms with Crippen LogP contribution >= 0.6 is 0 Å². The van der Waals surface area contributed by atoms with Crippen molar-refractivity contribution in [3.63, 3.8) is 0 Å². The second kappa shape index (κ2) is 6.86. The maximum atomic E-state index is 5.53. The summed E-state index contributed by atoms with van der Waals surface area (Å²) in [6.45, 7) is 7.67. The van der Waals surface area contributed by atoms with Gasteiger partial charge < -0.3 is 15.0 Å². The molecule has 6 nitrogen and oxygen atoms in total. The van der Waals surface area contributed by atoms with Gasteiger partial charge in [-0.3, -0.25) is 5.10 Å². The maximum Gasteiger partial charge on any atom is 0.244 e. The molecule has 0 saturated carbocycles. The van der Waals surface area contributed by atoms with Crippen molar-refractivity contribution in [1.82, 2.24) is 20.5 Å². The summed E-state index contributed by atoms with van der Waals surface area (Å²) in [6, 6.07) is 0. The van der Waals surface area contributed by atoms with E-state index in [1.54, 1.807) is 0 Å². The third kappa shape index (κ3) is 4.18. The van der Waals surface area contributed by atoms with Gasteiger partial charge in [-0.2, -0.15) is 4.98 Å². The van der Waals surface area contributed by atoms with E-state index in [1.807, 2.05) is 20.9 Å². The molecule has 1 aromatic heterocycles. The number of H-pyrrole nitrogens is 1. The molecule has 19 heavy (non-hydrogen) atoms. The van der Waals surface area contributed by atoms with Gasteiger partial charge in [0.2, 0.25) is 5.95 Å². The van der Waals surface area contributed by atoms with Gasteiger partial charge in [-0.1, -0.05) is 0 Å². The van der Waals surface area contributed by atoms with Crippen LogP contribution in [0.1, 0.15) is 32.5 Å². The summed E-state index contributed by atoms with van der Waals surface area (Å²) in [4.78, 5) is 6.78. The first kappa shape index (κ1) is 14.3. The number of aromatic nitrogens is 3. The quantitative estimate of drug-likeness (QED) is 0.810. The summed E-state index contributed by atoms with van der Waals surface area (Å²) in [7, 11) is 2.01. The summed E-state index contributed by atoms with van der Waals surface area (Å²) in [5.41, 5.74) is 0. The predicted octanol–water partition coefficient (Wildman–Crippen LogP) is 1.17. The lowest BCUT2D eigenvalue weighted by Gasteiger charge is -2.31. The van der Waals surface area contributed by atoms with Crippen LogP contribution in [0.4, 0.5) is 5.95 Å². The van der Waals surface area contributed by atoms with E-state index in [-0.39, 0.29) is 6.10 Å². The Hall–Kier alpha value is -1.14. The third-order valence-corrected chi connectivity index (χ3v) is 3.37. The molecule has 1 aromatic rings. The Balaban J connectivity index is 1.90.